The number of carbonyl (C=O) groups excluding carboxylic acids is 3. The van der Waals surface area contributed by atoms with Crippen molar-refractivity contribution in [2.24, 2.45) is 0 Å². The second-order valence-electron chi connectivity index (χ2n) is 4.56. The number of amides is 2. The standard InChI is InChI=1S/C13H25N3O6S/c1-9(18)16-10(6-15-11(7-17)12(19)21-2)8-23-5-4-14-13(20)22-3/h10-11,15,17H,4-8H2,1-3H3,(H,14,20)(H,16,18). The summed E-state index contributed by atoms with van der Waals surface area (Å²) in [6, 6.07) is -1.06. The first kappa shape index (κ1) is 21.5. The summed E-state index contributed by atoms with van der Waals surface area (Å²) in [5, 5.41) is 17.3. The Hall–Kier alpha value is -1.52. The SMILES string of the molecule is COC(=O)NCCSCC(CNC(CO)C(=O)OC)NC(C)=O. The molecule has 0 fully saturated rings. The monoisotopic (exact) mass is 351 g/mol. The maximum atomic E-state index is 11.4. The van der Waals surface area contributed by atoms with Gasteiger partial charge in [-0.3, -0.25) is 9.59 Å². The molecule has 10 heteroatoms. The number of carbonyl (C=O) groups is 3. The van der Waals surface area contributed by atoms with Gasteiger partial charge >= 0.3 is 12.1 Å². The van der Waals surface area contributed by atoms with E-state index in [2.05, 4.69) is 25.4 Å². The highest BCUT2D eigenvalue weighted by Gasteiger charge is 2.19. The zero-order valence-corrected chi connectivity index (χ0v) is 14.4. The topological polar surface area (TPSA) is 126 Å². The Morgan fingerprint density at radius 1 is 1.22 bits per heavy atom. The van der Waals surface area contributed by atoms with Crippen molar-refractivity contribution in [3.05, 3.63) is 0 Å². The molecule has 0 rings (SSSR count). The van der Waals surface area contributed by atoms with E-state index >= 15 is 0 Å². The first-order chi connectivity index (χ1) is 10.9. The van der Waals surface area contributed by atoms with E-state index < -0.39 is 24.7 Å². The maximum Gasteiger partial charge on any atom is 0.406 e. The zero-order chi connectivity index (χ0) is 17.7. The Kier molecular flexibility index (Phi) is 12.1. The third kappa shape index (κ3) is 10.8. The average molecular weight is 351 g/mol. The Morgan fingerprint density at radius 2 is 1.91 bits per heavy atom. The van der Waals surface area contributed by atoms with Crippen molar-refractivity contribution in [2.75, 3.05) is 45.4 Å². The van der Waals surface area contributed by atoms with Crippen LogP contribution in [0.4, 0.5) is 4.79 Å². The first-order valence-corrected chi connectivity index (χ1v) is 8.18. The van der Waals surface area contributed by atoms with Crippen molar-refractivity contribution in [3.8, 4) is 0 Å². The van der Waals surface area contributed by atoms with E-state index in [4.69, 9.17) is 5.11 Å². The van der Waals surface area contributed by atoms with Crippen LogP contribution in [-0.2, 0) is 19.1 Å². The van der Waals surface area contributed by atoms with Crippen LogP contribution in [0.15, 0.2) is 0 Å². The maximum absolute atomic E-state index is 11.4. The van der Waals surface area contributed by atoms with Gasteiger partial charge in [-0.25, -0.2) is 4.79 Å². The lowest BCUT2D eigenvalue weighted by Gasteiger charge is -2.21. The van der Waals surface area contributed by atoms with Gasteiger partial charge in [0.05, 0.1) is 26.9 Å². The average Bonchev–Trinajstić information content (AvgIpc) is 2.53. The summed E-state index contributed by atoms with van der Waals surface area (Å²) in [7, 11) is 2.53. The molecule has 2 unspecified atom stereocenters. The van der Waals surface area contributed by atoms with Crippen molar-refractivity contribution >= 4 is 29.7 Å². The van der Waals surface area contributed by atoms with E-state index in [1.807, 2.05) is 0 Å². The summed E-state index contributed by atoms with van der Waals surface area (Å²) in [5.74, 6) is 0.466. The van der Waals surface area contributed by atoms with Crippen molar-refractivity contribution in [3.63, 3.8) is 0 Å². The van der Waals surface area contributed by atoms with Crippen LogP contribution < -0.4 is 16.0 Å². The van der Waals surface area contributed by atoms with Gasteiger partial charge in [-0.05, 0) is 0 Å². The summed E-state index contributed by atoms with van der Waals surface area (Å²) in [6.45, 7) is 1.76. The van der Waals surface area contributed by atoms with Crippen molar-refractivity contribution in [1.29, 1.82) is 0 Å². The molecule has 0 aromatic rings. The van der Waals surface area contributed by atoms with E-state index in [0.29, 0.717) is 24.6 Å². The smallest absolute Gasteiger partial charge is 0.406 e. The molecular formula is C13H25N3O6S. The van der Waals surface area contributed by atoms with Crippen LogP contribution in [0.1, 0.15) is 6.92 Å². The summed E-state index contributed by atoms with van der Waals surface area (Å²) in [4.78, 5) is 33.5. The summed E-state index contributed by atoms with van der Waals surface area (Å²) in [5.41, 5.74) is 0. The minimum Gasteiger partial charge on any atom is -0.468 e. The van der Waals surface area contributed by atoms with Gasteiger partial charge in [0.15, 0.2) is 0 Å². The van der Waals surface area contributed by atoms with Gasteiger partial charge < -0.3 is 30.5 Å². The molecule has 0 aromatic carbocycles. The largest absolute Gasteiger partial charge is 0.468 e. The predicted octanol–water partition coefficient (Wildman–Crippen LogP) is -1.30. The van der Waals surface area contributed by atoms with E-state index in [1.54, 1.807) is 0 Å². The number of ether oxygens (including phenoxy) is 2. The number of thioether (sulfide) groups is 1. The molecule has 0 aromatic heterocycles. The van der Waals surface area contributed by atoms with Crippen LogP contribution in [0.2, 0.25) is 0 Å². The van der Waals surface area contributed by atoms with Crippen molar-refractivity contribution in [1.82, 2.24) is 16.0 Å². The number of hydrogen-bond acceptors (Lipinski definition) is 8. The van der Waals surface area contributed by atoms with Gasteiger partial charge in [0.2, 0.25) is 5.91 Å². The van der Waals surface area contributed by atoms with Gasteiger partial charge in [-0.15, -0.1) is 0 Å². The number of rotatable bonds is 11. The lowest BCUT2D eigenvalue weighted by atomic mass is 10.2. The Balaban J connectivity index is 4.17. The molecule has 0 radical (unpaired) electrons. The Morgan fingerprint density at radius 3 is 2.43 bits per heavy atom. The zero-order valence-electron chi connectivity index (χ0n) is 13.6. The molecule has 0 heterocycles. The summed E-state index contributed by atoms with van der Waals surface area (Å²) < 4.78 is 9.00. The fourth-order valence-electron chi connectivity index (χ4n) is 1.61. The Labute approximate surface area is 139 Å². The van der Waals surface area contributed by atoms with Crippen LogP contribution in [-0.4, -0.2) is 80.6 Å². The highest BCUT2D eigenvalue weighted by atomic mass is 32.2. The van der Waals surface area contributed by atoms with Crippen LogP contribution in [0, 0.1) is 0 Å². The molecule has 9 nitrogen and oxygen atoms in total. The number of aliphatic hydroxyl groups is 1. The molecule has 2 atom stereocenters. The number of aliphatic hydroxyl groups excluding tert-OH is 1. The third-order valence-electron chi connectivity index (χ3n) is 2.71. The van der Waals surface area contributed by atoms with E-state index in [0.717, 1.165) is 0 Å². The lowest BCUT2D eigenvalue weighted by Crippen LogP contribution is -2.49. The first-order valence-electron chi connectivity index (χ1n) is 7.03. The highest BCUT2D eigenvalue weighted by molar-refractivity contribution is 7.99. The molecule has 2 amide bonds. The summed E-state index contributed by atoms with van der Waals surface area (Å²) in [6.07, 6.45) is -0.491. The van der Waals surface area contributed by atoms with E-state index in [-0.39, 0.29) is 11.9 Å². The van der Waals surface area contributed by atoms with E-state index in [9.17, 15) is 14.4 Å². The number of alkyl carbamates (subject to hydrolysis) is 1. The second kappa shape index (κ2) is 13.0. The molecule has 0 aliphatic rings. The molecule has 134 valence electrons. The molecule has 0 spiro atoms. The van der Waals surface area contributed by atoms with Crippen LogP contribution in [0.3, 0.4) is 0 Å². The predicted molar refractivity (Wildman–Crippen MR) is 86.2 cm³/mol. The van der Waals surface area contributed by atoms with Crippen molar-refractivity contribution < 1.29 is 29.0 Å². The van der Waals surface area contributed by atoms with Gasteiger partial charge in [-0.2, -0.15) is 11.8 Å². The van der Waals surface area contributed by atoms with Crippen LogP contribution >= 0.6 is 11.8 Å². The second-order valence-corrected chi connectivity index (χ2v) is 5.71. The van der Waals surface area contributed by atoms with Gasteiger partial charge in [0.1, 0.15) is 6.04 Å². The molecule has 0 aliphatic carbocycles. The van der Waals surface area contributed by atoms with Crippen LogP contribution in [0.25, 0.3) is 0 Å². The Bertz CT molecular complexity index is 383. The molecule has 0 saturated carbocycles. The fourth-order valence-corrected chi connectivity index (χ4v) is 2.51. The highest BCUT2D eigenvalue weighted by Crippen LogP contribution is 2.02. The molecular weight excluding hydrogens is 326 g/mol. The minimum absolute atomic E-state index is 0.191. The number of methoxy groups -OCH3 is 2. The molecule has 4 N–H and O–H groups in total. The number of esters is 1. The lowest BCUT2D eigenvalue weighted by molar-refractivity contribution is -0.144. The summed E-state index contributed by atoms with van der Waals surface area (Å²) >= 11 is 1.53. The molecule has 0 saturated heterocycles. The van der Waals surface area contributed by atoms with Crippen molar-refractivity contribution in [2.45, 2.75) is 19.0 Å². The van der Waals surface area contributed by atoms with Crippen LogP contribution in [0.5, 0.6) is 0 Å². The number of hydrogen-bond donors (Lipinski definition) is 4. The normalized spacial score (nSPS) is 12.9. The van der Waals surface area contributed by atoms with Gasteiger partial charge in [0.25, 0.3) is 0 Å². The fraction of sp³-hybridized carbons (Fsp3) is 0.769. The van der Waals surface area contributed by atoms with Gasteiger partial charge in [-0.1, -0.05) is 0 Å². The third-order valence-corrected chi connectivity index (χ3v) is 3.84. The quantitative estimate of drug-likeness (QED) is 0.267. The van der Waals surface area contributed by atoms with Gasteiger partial charge in [0, 0.05) is 31.5 Å². The molecule has 0 aliphatic heterocycles. The minimum atomic E-state index is -0.831. The number of nitrogens with one attached hydrogen (secondary N) is 3. The molecule has 0 bridgehead atoms. The molecule has 23 heavy (non-hydrogen) atoms. The van der Waals surface area contributed by atoms with E-state index in [1.165, 1.54) is 32.9 Å².